The Hall–Kier alpha value is -0.940. The summed E-state index contributed by atoms with van der Waals surface area (Å²) in [5.41, 5.74) is 0. The van der Waals surface area contributed by atoms with Crippen molar-refractivity contribution in [1.29, 1.82) is 0 Å². The highest BCUT2D eigenvalue weighted by Gasteiger charge is 2.20. The lowest BCUT2D eigenvalue weighted by atomic mass is 10.3. The quantitative estimate of drug-likeness (QED) is 0.526. The SMILES string of the molecule is O=[C]CNC(=O)C1CNCCO1. The van der Waals surface area contributed by atoms with Crippen molar-refractivity contribution >= 4 is 12.2 Å². The first-order valence-corrected chi connectivity index (χ1v) is 3.79. The van der Waals surface area contributed by atoms with Gasteiger partial charge in [0.25, 0.3) is 5.91 Å². The standard InChI is InChI=1S/C7H11N2O3/c10-3-1-9-7(11)6-5-8-2-4-12-6/h6,8H,1-2,4-5H2,(H,9,11). The summed E-state index contributed by atoms with van der Waals surface area (Å²) in [4.78, 5) is 20.9. The van der Waals surface area contributed by atoms with Crippen LogP contribution in [0.1, 0.15) is 0 Å². The molecule has 0 bridgehead atoms. The van der Waals surface area contributed by atoms with Gasteiger partial charge in [0.1, 0.15) is 6.10 Å². The molecule has 1 saturated heterocycles. The Balaban J connectivity index is 2.24. The summed E-state index contributed by atoms with van der Waals surface area (Å²) >= 11 is 0. The van der Waals surface area contributed by atoms with E-state index >= 15 is 0 Å². The molecule has 5 nitrogen and oxygen atoms in total. The molecule has 1 rings (SSSR count). The molecule has 1 unspecified atom stereocenters. The van der Waals surface area contributed by atoms with Gasteiger partial charge in [0.15, 0.2) is 0 Å². The molecule has 1 aliphatic heterocycles. The monoisotopic (exact) mass is 171 g/mol. The minimum atomic E-state index is -0.466. The van der Waals surface area contributed by atoms with Crippen molar-refractivity contribution in [3.8, 4) is 0 Å². The Labute approximate surface area is 70.5 Å². The molecule has 67 valence electrons. The Morgan fingerprint density at radius 1 is 1.75 bits per heavy atom. The predicted octanol–water partition coefficient (Wildman–Crippen LogP) is -1.80. The number of ether oxygens (including phenoxy) is 1. The molecule has 1 atom stereocenters. The third kappa shape index (κ3) is 2.60. The fraction of sp³-hybridized carbons (Fsp3) is 0.714. The van der Waals surface area contributed by atoms with Gasteiger partial charge in [-0.3, -0.25) is 9.59 Å². The van der Waals surface area contributed by atoms with E-state index in [-0.39, 0.29) is 12.5 Å². The lowest BCUT2D eigenvalue weighted by molar-refractivity contribution is -0.133. The lowest BCUT2D eigenvalue weighted by Crippen LogP contribution is -2.48. The molecule has 1 aliphatic rings. The number of carbonyl (C=O) groups excluding carboxylic acids is 2. The molecule has 0 aromatic rings. The van der Waals surface area contributed by atoms with Crippen LogP contribution in [0, 0.1) is 0 Å². The average Bonchev–Trinajstić information content (AvgIpc) is 2.15. The predicted molar refractivity (Wildman–Crippen MR) is 41.3 cm³/mol. The van der Waals surface area contributed by atoms with E-state index in [0.29, 0.717) is 13.2 Å². The van der Waals surface area contributed by atoms with Gasteiger partial charge in [0.05, 0.1) is 13.2 Å². The van der Waals surface area contributed by atoms with Crippen molar-refractivity contribution in [2.24, 2.45) is 0 Å². The minimum Gasteiger partial charge on any atom is -0.366 e. The second-order valence-corrected chi connectivity index (χ2v) is 2.43. The smallest absolute Gasteiger partial charge is 0.250 e. The molecule has 0 saturated carbocycles. The summed E-state index contributed by atoms with van der Waals surface area (Å²) in [5.74, 6) is -0.259. The number of morpholine rings is 1. The van der Waals surface area contributed by atoms with Gasteiger partial charge < -0.3 is 15.4 Å². The van der Waals surface area contributed by atoms with E-state index in [4.69, 9.17) is 4.74 Å². The molecule has 1 heterocycles. The zero-order valence-electron chi connectivity index (χ0n) is 6.63. The summed E-state index contributed by atoms with van der Waals surface area (Å²) < 4.78 is 5.13. The van der Waals surface area contributed by atoms with E-state index in [1.165, 1.54) is 0 Å². The summed E-state index contributed by atoms with van der Waals surface area (Å²) in [6.45, 7) is 1.73. The third-order valence-corrected chi connectivity index (χ3v) is 1.55. The van der Waals surface area contributed by atoms with Gasteiger partial charge in [-0.2, -0.15) is 0 Å². The maximum atomic E-state index is 11.1. The van der Waals surface area contributed by atoms with Gasteiger partial charge in [-0.25, -0.2) is 0 Å². The number of nitrogens with one attached hydrogen (secondary N) is 2. The van der Waals surface area contributed by atoms with Crippen LogP contribution in [-0.2, 0) is 14.3 Å². The van der Waals surface area contributed by atoms with Gasteiger partial charge in [-0.05, 0) is 0 Å². The Kier molecular flexibility index (Phi) is 3.69. The van der Waals surface area contributed by atoms with Crippen molar-refractivity contribution in [2.75, 3.05) is 26.2 Å². The van der Waals surface area contributed by atoms with Crippen LogP contribution < -0.4 is 10.6 Å². The van der Waals surface area contributed by atoms with E-state index in [0.717, 1.165) is 6.54 Å². The molecule has 1 fully saturated rings. The Bertz CT molecular complexity index is 166. The fourth-order valence-electron chi connectivity index (χ4n) is 0.971. The van der Waals surface area contributed by atoms with E-state index in [9.17, 15) is 9.59 Å². The van der Waals surface area contributed by atoms with Crippen molar-refractivity contribution < 1.29 is 14.3 Å². The first-order chi connectivity index (χ1) is 5.84. The number of hydrogen-bond donors (Lipinski definition) is 2. The van der Waals surface area contributed by atoms with E-state index in [1.807, 2.05) is 0 Å². The van der Waals surface area contributed by atoms with Crippen LogP contribution in [0.2, 0.25) is 0 Å². The van der Waals surface area contributed by atoms with Crippen LogP contribution in [0.3, 0.4) is 0 Å². The zero-order valence-corrected chi connectivity index (χ0v) is 6.63. The average molecular weight is 171 g/mol. The van der Waals surface area contributed by atoms with Crippen LogP contribution in [0.25, 0.3) is 0 Å². The lowest BCUT2D eigenvalue weighted by Gasteiger charge is -2.22. The largest absolute Gasteiger partial charge is 0.366 e. The summed E-state index contributed by atoms with van der Waals surface area (Å²) in [5, 5.41) is 5.38. The van der Waals surface area contributed by atoms with Crippen LogP contribution in [-0.4, -0.2) is 44.5 Å². The molecule has 0 aromatic carbocycles. The highest BCUT2D eigenvalue weighted by Crippen LogP contribution is 1.94. The summed E-state index contributed by atoms with van der Waals surface area (Å²) in [6, 6.07) is 0. The first-order valence-electron chi connectivity index (χ1n) is 3.79. The second-order valence-electron chi connectivity index (χ2n) is 2.43. The van der Waals surface area contributed by atoms with Crippen molar-refractivity contribution in [3.05, 3.63) is 0 Å². The van der Waals surface area contributed by atoms with Crippen molar-refractivity contribution in [1.82, 2.24) is 10.6 Å². The maximum absolute atomic E-state index is 11.1. The van der Waals surface area contributed by atoms with Gasteiger partial charge in [-0.1, -0.05) is 0 Å². The van der Waals surface area contributed by atoms with Gasteiger partial charge in [0.2, 0.25) is 6.29 Å². The molecule has 5 heteroatoms. The maximum Gasteiger partial charge on any atom is 0.250 e. The van der Waals surface area contributed by atoms with Crippen LogP contribution >= 0.6 is 0 Å². The molecular formula is C7H11N2O3. The minimum absolute atomic E-state index is 0.0707. The Morgan fingerprint density at radius 2 is 2.58 bits per heavy atom. The fourth-order valence-corrected chi connectivity index (χ4v) is 0.971. The molecule has 12 heavy (non-hydrogen) atoms. The summed E-state index contributed by atoms with van der Waals surface area (Å²) in [6.07, 6.45) is 1.11. The van der Waals surface area contributed by atoms with Crippen molar-refractivity contribution in [3.63, 3.8) is 0 Å². The van der Waals surface area contributed by atoms with E-state index in [2.05, 4.69) is 10.6 Å². The highest BCUT2D eigenvalue weighted by atomic mass is 16.5. The van der Waals surface area contributed by atoms with E-state index in [1.54, 1.807) is 6.29 Å². The summed E-state index contributed by atoms with van der Waals surface area (Å²) in [7, 11) is 0. The normalized spacial score (nSPS) is 23.2. The molecule has 1 amide bonds. The molecule has 2 N–H and O–H groups in total. The van der Waals surface area contributed by atoms with Crippen LogP contribution in [0.5, 0.6) is 0 Å². The Morgan fingerprint density at radius 3 is 3.17 bits per heavy atom. The van der Waals surface area contributed by atoms with Gasteiger partial charge in [-0.15, -0.1) is 0 Å². The van der Waals surface area contributed by atoms with Crippen LogP contribution in [0.15, 0.2) is 0 Å². The first kappa shape index (κ1) is 9.15. The van der Waals surface area contributed by atoms with Crippen molar-refractivity contribution in [2.45, 2.75) is 6.10 Å². The molecular weight excluding hydrogens is 160 g/mol. The second kappa shape index (κ2) is 4.84. The van der Waals surface area contributed by atoms with Crippen LogP contribution in [0.4, 0.5) is 0 Å². The molecule has 0 aliphatic carbocycles. The highest BCUT2D eigenvalue weighted by molar-refractivity contribution is 5.82. The molecule has 0 aromatic heterocycles. The van der Waals surface area contributed by atoms with Gasteiger partial charge in [0, 0.05) is 13.1 Å². The zero-order chi connectivity index (χ0) is 8.81. The number of rotatable bonds is 3. The van der Waals surface area contributed by atoms with Gasteiger partial charge >= 0.3 is 0 Å². The molecule has 0 spiro atoms. The van der Waals surface area contributed by atoms with E-state index < -0.39 is 6.10 Å². The number of amides is 1. The number of carbonyl (C=O) groups is 1. The third-order valence-electron chi connectivity index (χ3n) is 1.55. The molecule has 1 radical (unpaired) electrons. The number of hydrogen-bond acceptors (Lipinski definition) is 4. The topological polar surface area (TPSA) is 67.4 Å².